The summed E-state index contributed by atoms with van der Waals surface area (Å²) in [7, 11) is 0. The molecule has 0 spiro atoms. The minimum Gasteiger partial charge on any atom is -0.481 e. The molecule has 0 aromatic carbocycles. The number of rotatable bonds is 18. The van der Waals surface area contributed by atoms with Crippen LogP contribution in [0.15, 0.2) is 0 Å². The van der Waals surface area contributed by atoms with E-state index in [0.717, 1.165) is 0 Å². The van der Waals surface area contributed by atoms with Crippen molar-refractivity contribution in [3.05, 3.63) is 0 Å². The van der Waals surface area contributed by atoms with Crippen LogP contribution in [0.1, 0.15) is 52.4 Å². The van der Waals surface area contributed by atoms with Crippen LogP contribution < -0.4 is 27.4 Å². The number of nitrogens with two attached hydrogens (primary N) is 2. The number of hydrogen-bond acceptors (Lipinski definition) is 8. The second-order valence-electron chi connectivity index (χ2n) is 8.30. The van der Waals surface area contributed by atoms with Crippen LogP contribution in [-0.4, -0.2) is 82.6 Å². The number of carbonyl (C=O) groups excluding carboxylic acids is 3. The highest BCUT2D eigenvalue weighted by molar-refractivity contribution is 7.98. The number of nitrogens with one attached hydrogen (secondary N) is 3. The standard InChI is InChI=1S/C21H39N5O7S/c1-12(2)17(20(31)25-15(21(32)33)7-8-16(27)28)26-19(30)14(6-4-5-10-22)24-18(29)13(23)9-11-34-3/h12-15,17H,4-11,22-23H2,1-3H3,(H,24,29)(H,25,31)(H,26,30)(H,27,28)(H,32,33). The molecule has 12 nitrogen and oxygen atoms in total. The molecule has 0 aromatic heterocycles. The van der Waals surface area contributed by atoms with Crippen LogP contribution in [0, 0.1) is 5.92 Å². The van der Waals surface area contributed by atoms with E-state index < -0.39 is 66.2 Å². The Morgan fingerprint density at radius 1 is 0.853 bits per heavy atom. The average molecular weight is 506 g/mol. The normalized spacial score (nSPS) is 14.5. The highest BCUT2D eigenvalue weighted by Crippen LogP contribution is 2.08. The van der Waals surface area contributed by atoms with E-state index in [1.165, 1.54) is 0 Å². The molecule has 0 rings (SSSR count). The van der Waals surface area contributed by atoms with Gasteiger partial charge in [-0.3, -0.25) is 19.2 Å². The van der Waals surface area contributed by atoms with Crippen molar-refractivity contribution >= 4 is 41.4 Å². The second kappa shape index (κ2) is 17.1. The van der Waals surface area contributed by atoms with Crippen molar-refractivity contribution in [1.82, 2.24) is 16.0 Å². The lowest BCUT2D eigenvalue weighted by Crippen LogP contribution is -2.58. The minimum absolute atomic E-state index is 0.285. The van der Waals surface area contributed by atoms with Gasteiger partial charge in [0.25, 0.3) is 0 Å². The molecule has 4 unspecified atom stereocenters. The molecule has 4 atom stereocenters. The fourth-order valence-corrected chi connectivity index (χ4v) is 3.48. The number of unbranched alkanes of at least 4 members (excludes halogenated alkanes) is 1. The quantitative estimate of drug-likeness (QED) is 0.116. The van der Waals surface area contributed by atoms with E-state index in [9.17, 15) is 29.1 Å². The largest absolute Gasteiger partial charge is 0.481 e. The lowest BCUT2D eigenvalue weighted by atomic mass is 10.0. The van der Waals surface area contributed by atoms with Gasteiger partial charge in [-0.05, 0) is 56.6 Å². The minimum atomic E-state index is -1.42. The van der Waals surface area contributed by atoms with Crippen LogP contribution in [0.25, 0.3) is 0 Å². The summed E-state index contributed by atoms with van der Waals surface area (Å²) in [5.41, 5.74) is 11.4. The average Bonchev–Trinajstić information content (AvgIpc) is 2.76. The van der Waals surface area contributed by atoms with Gasteiger partial charge in [-0.2, -0.15) is 11.8 Å². The summed E-state index contributed by atoms with van der Waals surface area (Å²) < 4.78 is 0. The number of thioether (sulfide) groups is 1. The van der Waals surface area contributed by atoms with Crippen LogP contribution >= 0.6 is 11.8 Å². The molecular formula is C21H39N5O7S. The number of carboxylic acid groups (broad SMARTS) is 2. The molecule has 0 fully saturated rings. The molecule has 0 radical (unpaired) electrons. The fourth-order valence-electron chi connectivity index (χ4n) is 2.99. The molecule has 0 bridgehead atoms. The third-order valence-electron chi connectivity index (χ3n) is 5.06. The van der Waals surface area contributed by atoms with Gasteiger partial charge in [0.15, 0.2) is 0 Å². The summed E-state index contributed by atoms with van der Waals surface area (Å²) in [5.74, 6) is -4.15. The van der Waals surface area contributed by atoms with Crippen molar-refractivity contribution in [2.45, 2.75) is 76.5 Å². The first-order chi connectivity index (χ1) is 15.9. The SMILES string of the molecule is CSCCC(N)C(=O)NC(CCCCN)C(=O)NC(C(=O)NC(CCC(=O)O)C(=O)O)C(C)C. The van der Waals surface area contributed by atoms with Crippen LogP contribution in [0.3, 0.4) is 0 Å². The van der Waals surface area contributed by atoms with Crippen molar-refractivity contribution in [3.8, 4) is 0 Å². The van der Waals surface area contributed by atoms with E-state index in [4.69, 9.17) is 16.6 Å². The number of carbonyl (C=O) groups is 5. The highest BCUT2D eigenvalue weighted by Gasteiger charge is 2.31. The summed E-state index contributed by atoms with van der Waals surface area (Å²) in [4.78, 5) is 60.4. The van der Waals surface area contributed by atoms with Crippen LogP contribution in [0.4, 0.5) is 0 Å². The van der Waals surface area contributed by atoms with E-state index in [2.05, 4.69) is 16.0 Å². The van der Waals surface area contributed by atoms with Gasteiger partial charge in [0.1, 0.15) is 18.1 Å². The Kier molecular flexibility index (Phi) is 15.9. The molecule has 0 heterocycles. The van der Waals surface area contributed by atoms with Gasteiger partial charge in [0, 0.05) is 6.42 Å². The Morgan fingerprint density at radius 3 is 1.97 bits per heavy atom. The molecule has 196 valence electrons. The molecule has 13 heteroatoms. The number of amides is 3. The van der Waals surface area contributed by atoms with Crippen molar-refractivity contribution in [1.29, 1.82) is 0 Å². The van der Waals surface area contributed by atoms with Crippen LogP contribution in [-0.2, 0) is 24.0 Å². The summed E-state index contributed by atoms with van der Waals surface area (Å²) in [6, 6.07) is -4.25. The monoisotopic (exact) mass is 505 g/mol. The first-order valence-electron chi connectivity index (χ1n) is 11.2. The molecule has 3 amide bonds. The summed E-state index contributed by atoms with van der Waals surface area (Å²) in [6.07, 6.45) is 3.06. The predicted molar refractivity (Wildman–Crippen MR) is 129 cm³/mol. The third-order valence-corrected chi connectivity index (χ3v) is 5.70. The molecule has 0 saturated carbocycles. The van der Waals surface area contributed by atoms with E-state index in [1.807, 2.05) is 6.26 Å². The summed E-state index contributed by atoms with van der Waals surface area (Å²) in [5, 5.41) is 25.6. The fraction of sp³-hybridized carbons (Fsp3) is 0.762. The van der Waals surface area contributed by atoms with Gasteiger partial charge < -0.3 is 37.6 Å². The molecule has 34 heavy (non-hydrogen) atoms. The number of hydrogen-bond donors (Lipinski definition) is 7. The summed E-state index contributed by atoms with van der Waals surface area (Å²) in [6.45, 7) is 3.75. The van der Waals surface area contributed by atoms with Gasteiger partial charge in [-0.25, -0.2) is 4.79 Å². The first-order valence-corrected chi connectivity index (χ1v) is 12.6. The molecular weight excluding hydrogens is 466 g/mol. The topological polar surface area (TPSA) is 214 Å². The predicted octanol–water partition coefficient (Wildman–Crippen LogP) is -0.744. The molecule has 9 N–H and O–H groups in total. The smallest absolute Gasteiger partial charge is 0.326 e. The molecule has 0 aliphatic carbocycles. The molecule has 0 aromatic rings. The van der Waals surface area contributed by atoms with E-state index >= 15 is 0 Å². The number of aliphatic carboxylic acids is 2. The summed E-state index contributed by atoms with van der Waals surface area (Å²) >= 11 is 1.54. The Hall–Kier alpha value is -2.38. The molecule has 0 aliphatic heterocycles. The van der Waals surface area contributed by atoms with Crippen LogP contribution in [0.5, 0.6) is 0 Å². The zero-order valence-electron chi connectivity index (χ0n) is 20.0. The van der Waals surface area contributed by atoms with Crippen molar-refractivity contribution in [2.24, 2.45) is 17.4 Å². The Balaban J connectivity index is 5.38. The van der Waals surface area contributed by atoms with E-state index in [1.54, 1.807) is 25.6 Å². The van der Waals surface area contributed by atoms with Gasteiger partial charge in [0.2, 0.25) is 17.7 Å². The maximum Gasteiger partial charge on any atom is 0.326 e. The Labute approximate surface area is 204 Å². The second-order valence-corrected chi connectivity index (χ2v) is 9.28. The van der Waals surface area contributed by atoms with Crippen molar-refractivity contribution in [3.63, 3.8) is 0 Å². The maximum absolute atomic E-state index is 13.0. The maximum atomic E-state index is 13.0. The first kappa shape index (κ1) is 31.6. The van der Waals surface area contributed by atoms with Gasteiger partial charge in [-0.15, -0.1) is 0 Å². The highest BCUT2D eigenvalue weighted by atomic mass is 32.2. The van der Waals surface area contributed by atoms with E-state index in [0.29, 0.717) is 31.6 Å². The van der Waals surface area contributed by atoms with Gasteiger partial charge in [0.05, 0.1) is 6.04 Å². The van der Waals surface area contributed by atoms with Crippen LogP contribution in [0.2, 0.25) is 0 Å². The zero-order chi connectivity index (χ0) is 26.3. The van der Waals surface area contributed by atoms with E-state index in [-0.39, 0.29) is 12.8 Å². The lowest BCUT2D eigenvalue weighted by Gasteiger charge is -2.27. The van der Waals surface area contributed by atoms with Gasteiger partial charge in [-0.1, -0.05) is 13.8 Å². The van der Waals surface area contributed by atoms with Crippen molar-refractivity contribution < 1.29 is 34.2 Å². The Bertz CT molecular complexity index is 692. The lowest BCUT2D eigenvalue weighted by molar-refractivity contribution is -0.143. The van der Waals surface area contributed by atoms with Crippen molar-refractivity contribution in [2.75, 3.05) is 18.6 Å². The van der Waals surface area contributed by atoms with Gasteiger partial charge >= 0.3 is 11.9 Å². The zero-order valence-corrected chi connectivity index (χ0v) is 20.9. The Morgan fingerprint density at radius 2 is 1.47 bits per heavy atom. The molecule has 0 saturated heterocycles. The third kappa shape index (κ3) is 12.8. The number of carboxylic acids is 2. The molecule has 0 aliphatic rings.